The van der Waals surface area contributed by atoms with Gasteiger partial charge in [-0.05, 0) is 43.7 Å². The molecule has 0 aliphatic carbocycles. The zero-order valence-electron chi connectivity index (χ0n) is 11.1. The first kappa shape index (κ1) is 14.7. The number of thiophene rings is 1. The van der Waals surface area contributed by atoms with Gasteiger partial charge in [0.1, 0.15) is 0 Å². The average Bonchev–Trinajstić information content (AvgIpc) is 2.82. The molecule has 17 heavy (non-hydrogen) atoms. The fraction of sp³-hybridized carbons (Fsp3) is 0.714. The van der Waals surface area contributed by atoms with Crippen LogP contribution in [0.3, 0.4) is 0 Å². The van der Waals surface area contributed by atoms with Crippen molar-refractivity contribution >= 4 is 11.3 Å². The van der Waals surface area contributed by atoms with E-state index < -0.39 is 0 Å². The standard InChI is InChI=1S/C14H25NOS/c1-3-10-16-12-13(15-4-2)7-5-8-14-9-6-11-17-14/h6,9,11,13,15H,3-5,7-8,10,12H2,1-2H3. The van der Waals surface area contributed by atoms with Gasteiger partial charge in [0.15, 0.2) is 0 Å². The highest BCUT2D eigenvalue weighted by Gasteiger charge is 2.07. The quantitative estimate of drug-likeness (QED) is 0.646. The van der Waals surface area contributed by atoms with Gasteiger partial charge >= 0.3 is 0 Å². The maximum Gasteiger partial charge on any atom is 0.0619 e. The molecule has 3 heteroatoms. The Morgan fingerprint density at radius 1 is 1.41 bits per heavy atom. The molecule has 1 N–H and O–H groups in total. The molecule has 0 aromatic carbocycles. The van der Waals surface area contributed by atoms with E-state index in [1.807, 2.05) is 11.3 Å². The molecule has 1 heterocycles. The number of hydrogen-bond donors (Lipinski definition) is 1. The predicted molar refractivity (Wildman–Crippen MR) is 75.8 cm³/mol. The van der Waals surface area contributed by atoms with Crippen LogP contribution in [0.25, 0.3) is 0 Å². The van der Waals surface area contributed by atoms with Crippen LogP contribution < -0.4 is 5.32 Å². The molecule has 0 fully saturated rings. The van der Waals surface area contributed by atoms with Gasteiger partial charge in [-0.3, -0.25) is 0 Å². The van der Waals surface area contributed by atoms with Crippen LogP contribution in [-0.4, -0.2) is 25.8 Å². The zero-order chi connectivity index (χ0) is 12.3. The third-order valence-corrected chi connectivity index (χ3v) is 3.65. The van der Waals surface area contributed by atoms with Crippen LogP contribution >= 0.6 is 11.3 Å². The fourth-order valence-corrected chi connectivity index (χ4v) is 2.63. The lowest BCUT2D eigenvalue weighted by Gasteiger charge is -2.17. The summed E-state index contributed by atoms with van der Waals surface area (Å²) in [6, 6.07) is 4.87. The van der Waals surface area contributed by atoms with E-state index in [0.29, 0.717) is 6.04 Å². The lowest BCUT2D eigenvalue weighted by molar-refractivity contribution is 0.109. The van der Waals surface area contributed by atoms with Crippen molar-refractivity contribution in [3.8, 4) is 0 Å². The van der Waals surface area contributed by atoms with E-state index in [4.69, 9.17) is 4.74 Å². The second-order valence-corrected chi connectivity index (χ2v) is 5.33. The molecule has 0 aliphatic heterocycles. The van der Waals surface area contributed by atoms with Crippen molar-refractivity contribution in [1.29, 1.82) is 0 Å². The highest BCUT2D eigenvalue weighted by Crippen LogP contribution is 2.13. The van der Waals surface area contributed by atoms with Crippen molar-refractivity contribution in [3.05, 3.63) is 22.4 Å². The summed E-state index contributed by atoms with van der Waals surface area (Å²) in [5, 5.41) is 5.65. The topological polar surface area (TPSA) is 21.3 Å². The molecule has 0 radical (unpaired) electrons. The van der Waals surface area contributed by atoms with Crippen molar-refractivity contribution in [3.63, 3.8) is 0 Å². The molecular weight excluding hydrogens is 230 g/mol. The minimum Gasteiger partial charge on any atom is -0.380 e. The van der Waals surface area contributed by atoms with Crippen LogP contribution in [0, 0.1) is 0 Å². The Hall–Kier alpha value is -0.380. The molecule has 0 saturated heterocycles. The van der Waals surface area contributed by atoms with Gasteiger partial charge < -0.3 is 10.1 Å². The molecule has 0 bridgehead atoms. The van der Waals surface area contributed by atoms with E-state index in [1.54, 1.807) is 0 Å². The largest absolute Gasteiger partial charge is 0.380 e. The van der Waals surface area contributed by atoms with Crippen molar-refractivity contribution < 1.29 is 4.74 Å². The average molecular weight is 255 g/mol. The lowest BCUT2D eigenvalue weighted by atomic mass is 10.1. The van der Waals surface area contributed by atoms with E-state index in [0.717, 1.165) is 26.2 Å². The molecule has 0 spiro atoms. The maximum atomic E-state index is 5.63. The van der Waals surface area contributed by atoms with Crippen LogP contribution in [-0.2, 0) is 11.2 Å². The van der Waals surface area contributed by atoms with Gasteiger partial charge in [-0.25, -0.2) is 0 Å². The zero-order valence-corrected chi connectivity index (χ0v) is 11.9. The highest BCUT2D eigenvalue weighted by atomic mass is 32.1. The minimum atomic E-state index is 0.520. The molecule has 98 valence electrons. The molecule has 2 nitrogen and oxygen atoms in total. The van der Waals surface area contributed by atoms with Gasteiger partial charge in [-0.15, -0.1) is 11.3 Å². The van der Waals surface area contributed by atoms with Gasteiger partial charge in [-0.1, -0.05) is 19.9 Å². The van der Waals surface area contributed by atoms with Gasteiger partial charge in [0.2, 0.25) is 0 Å². The van der Waals surface area contributed by atoms with Gasteiger partial charge in [0, 0.05) is 17.5 Å². The molecule has 1 atom stereocenters. The summed E-state index contributed by atoms with van der Waals surface area (Å²) in [6.45, 7) is 7.07. The minimum absolute atomic E-state index is 0.520. The van der Waals surface area contributed by atoms with Crippen LogP contribution in [0.4, 0.5) is 0 Å². The lowest BCUT2D eigenvalue weighted by Crippen LogP contribution is -2.33. The van der Waals surface area contributed by atoms with Crippen LogP contribution in [0.5, 0.6) is 0 Å². The number of aryl methyl sites for hydroxylation is 1. The van der Waals surface area contributed by atoms with Crippen LogP contribution in [0.2, 0.25) is 0 Å². The molecule has 1 unspecified atom stereocenters. The number of nitrogens with one attached hydrogen (secondary N) is 1. The van der Waals surface area contributed by atoms with Crippen LogP contribution in [0.15, 0.2) is 17.5 Å². The van der Waals surface area contributed by atoms with E-state index in [1.165, 1.54) is 24.1 Å². The molecule has 0 aliphatic rings. The van der Waals surface area contributed by atoms with E-state index in [9.17, 15) is 0 Å². The van der Waals surface area contributed by atoms with E-state index >= 15 is 0 Å². The summed E-state index contributed by atoms with van der Waals surface area (Å²) in [5.41, 5.74) is 0. The molecule has 1 aromatic heterocycles. The number of rotatable bonds is 10. The molecule has 1 aromatic rings. The molecular formula is C14H25NOS. The summed E-state index contributed by atoms with van der Waals surface area (Å²) < 4.78 is 5.63. The summed E-state index contributed by atoms with van der Waals surface area (Å²) >= 11 is 1.86. The summed E-state index contributed by atoms with van der Waals surface area (Å²) in [4.78, 5) is 1.50. The Morgan fingerprint density at radius 3 is 2.94 bits per heavy atom. The molecule has 0 saturated carbocycles. The number of ether oxygens (including phenoxy) is 1. The van der Waals surface area contributed by atoms with Crippen molar-refractivity contribution in [2.75, 3.05) is 19.8 Å². The smallest absolute Gasteiger partial charge is 0.0619 e. The van der Waals surface area contributed by atoms with Crippen molar-refractivity contribution in [2.24, 2.45) is 0 Å². The molecule has 0 amide bonds. The number of hydrogen-bond acceptors (Lipinski definition) is 3. The second-order valence-electron chi connectivity index (χ2n) is 4.30. The maximum absolute atomic E-state index is 5.63. The fourth-order valence-electron chi connectivity index (χ4n) is 1.88. The monoisotopic (exact) mass is 255 g/mol. The van der Waals surface area contributed by atoms with E-state index in [-0.39, 0.29) is 0 Å². The van der Waals surface area contributed by atoms with Gasteiger partial charge in [-0.2, -0.15) is 0 Å². The van der Waals surface area contributed by atoms with Crippen molar-refractivity contribution in [2.45, 2.75) is 45.6 Å². The van der Waals surface area contributed by atoms with Gasteiger partial charge in [0.25, 0.3) is 0 Å². The number of likely N-dealkylation sites (N-methyl/N-ethyl adjacent to an activating group) is 1. The Labute approximate surface area is 109 Å². The van der Waals surface area contributed by atoms with Crippen LogP contribution in [0.1, 0.15) is 38.0 Å². The first-order valence-corrected chi connectivity index (χ1v) is 7.58. The summed E-state index contributed by atoms with van der Waals surface area (Å²) in [6.07, 6.45) is 4.75. The third-order valence-electron chi connectivity index (χ3n) is 2.72. The Balaban J connectivity index is 2.14. The second kappa shape index (κ2) is 9.63. The summed E-state index contributed by atoms with van der Waals surface area (Å²) in [5.74, 6) is 0. The predicted octanol–water partition coefficient (Wildman–Crippen LogP) is 3.48. The Kier molecular flexibility index (Phi) is 8.32. The van der Waals surface area contributed by atoms with E-state index in [2.05, 4.69) is 36.7 Å². The summed E-state index contributed by atoms with van der Waals surface area (Å²) in [7, 11) is 0. The Bertz CT molecular complexity index is 261. The highest BCUT2D eigenvalue weighted by molar-refractivity contribution is 7.09. The third kappa shape index (κ3) is 6.81. The first-order valence-electron chi connectivity index (χ1n) is 6.70. The molecule has 1 rings (SSSR count). The Morgan fingerprint density at radius 2 is 2.29 bits per heavy atom. The normalized spacial score (nSPS) is 12.8. The first-order chi connectivity index (χ1) is 8.36. The SMILES string of the molecule is CCCOCC(CCCc1cccs1)NCC. The van der Waals surface area contributed by atoms with Gasteiger partial charge in [0.05, 0.1) is 6.61 Å². The van der Waals surface area contributed by atoms with Crippen molar-refractivity contribution in [1.82, 2.24) is 5.32 Å².